The summed E-state index contributed by atoms with van der Waals surface area (Å²) >= 11 is 3.32. The van der Waals surface area contributed by atoms with Crippen LogP contribution in [-0.2, 0) is 11.2 Å². The molecule has 0 aliphatic carbocycles. The average Bonchev–Trinajstić information content (AvgIpc) is 2.15. The van der Waals surface area contributed by atoms with Crippen molar-refractivity contribution in [3.05, 3.63) is 40.9 Å². The fourth-order valence-electron chi connectivity index (χ4n) is 0.873. The molecule has 0 aromatic heterocycles. The average molecular weight is 243 g/mol. The Hall–Kier alpha value is -1.09. The zero-order valence-electron chi connectivity index (χ0n) is 7.16. The molecule has 0 unspecified atom stereocenters. The number of carbonyl (C=O) groups is 1. The minimum atomic E-state index is 0.327. The molecule has 1 rings (SSSR count). The van der Waals surface area contributed by atoms with E-state index in [-0.39, 0.29) is 0 Å². The van der Waals surface area contributed by atoms with Crippen molar-refractivity contribution < 1.29 is 9.90 Å². The Balaban J connectivity index is 0.000000671. The molecule has 0 spiro atoms. The molecule has 0 atom stereocenters. The molecule has 0 amide bonds. The maximum absolute atomic E-state index is 9.30. The molecular weight excluding hydrogens is 232 g/mol. The number of rotatable bonds is 2. The Morgan fingerprint density at radius 1 is 1.46 bits per heavy atom. The van der Waals surface area contributed by atoms with Crippen LogP contribution in [0.2, 0.25) is 0 Å². The maximum atomic E-state index is 9.30. The molecule has 0 bridgehead atoms. The molecular formula is C10H11BrO2. The third-order valence-electron chi connectivity index (χ3n) is 1.41. The van der Waals surface area contributed by atoms with Crippen LogP contribution in [0.5, 0.6) is 5.75 Å². The van der Waals surface area contributed by atoms with E-state index < -0.39 is 0 Å². The van der Waals surface area contributed by atoms with E-state index in [1.165, 1.54) is 0 Å². The highest BCUT2D eigenvalue weighted by atomic mass is 79.9. The first kappa shape index (κ1) is 11.9. The molecule has 0 saturated carbocycles. The number of halogens is 1. The molecule has 13 heavy (non-hydrogen) atoms. The summed E-state index contributed by atoms with van der Waals surface area (Å²) in [5.74, 6) is 0.327. The summed E-state index contributed by atoms with van der Waals surface area (Å²) in [4.78, 5) is 8.00. The van der Waals surface area contributed by atoms with Gasteiger partial charge < -0.3 is 9.90 Å². The topological polar surface area (TPSA) is 37.3 Å². The maximum Gasteiger partial charge on any atom is 0.119 e. The lowest BCUT2D eigenvalue weighted by Crippen LogP contribution is -1.81. The van der Waals surface area contributed by atoms with E-state index in [2.05, 4.69) is 22.5 Å². The fourth-order valence-corrected chi connectivity index (χ4v) is 1.28. The highest BCUT2D eigenvalue weighted by Crippen LogP contribution is 2.22. The van der Waals surface area contributed by atoms with E-state index in [1.807, 2.05) is 18.9 Å². The second kappa shape index (κ2) is 6.43. The Morgan fingerprint density at radius 2 is 2.08 bits per heavy atom. The second-order valence-corrected chi connectivity index (χ2v) is 3.18. The standard InChI is InChI=1S/C9H9BrO.CH2O/c1-2-3-7-6-8(10)4-5-9(7)11;1-2/h2,4-6,11H,1,3H2;1H2. The molecule has 70 valence electrons. The largest absolute Gasteiger partial charge is 0.508 e. The predicted octanol–water partition coefficient (Wildman–Crippen LogP) is 2.70. The van der Waals surface area contributed by atoms with Crippen molar-refractivity contribution in [1.29, 1.82) is 0 Å². The first-order valence-corrected chi connectivity index (χ1v) is 4.40. The van der Waals surface area contributed by atoms with Crippen molar-refractivity contribution in [2.24, 2.45) is 0 Å². The summed E-state index contributed by atoms with van der Waals surface area (Å²) in [6, 6.07) is 5.36. The number of benzene rings is 1. The Morgan fingerprint density at radius 3 is 2.62 bits per heavy atom. The van der Waals surface area contributed by atoms with Crippen molar-refractivity contribution in [2.75, 3.05) is 0 Å². The van der Waals surface area contributed by atoms with Gasteiger partial charge in [-0.1, -0.05) is 22.0 Å². The van der Waals surface area contributed by atoms with Crippen LogP contribution in [0.15, 0.2) is 35.3 Å². The molecule has 1 N–H and O–H groups in total. The molecule has 0 saturated heterocycles. The molecule has 1 aromatic rings. The molecule has 0 aliphatic rings. The number of hydrogen-bond donors (Lipinski definition) is 1. The van der Waals surface area contributed by atoms with Crippen LogP contribution in [0, 0.1) is 0 Å². The summed E-state index contributed by atoms with van der Waals surface area (Å²) in [6.45, 7) is 5.60. The summed E-state index contributed by atoms with van der Waals surface area (Å²) in [7, 11) is 0. The number of allylic oxidation sites excluding steroid dienone is 1. The van der Waals surface area contributed by atoms with Crippen molar-refractivity contribution in [3.8, 4) is 5.75 Å². The lowest BCUT2D eigenvalue weighted by atomic mass is 10.1. The van der Waals surface area contributed by atoms with Crippen molar-refractivity contribution in [2.45, 2.75) is 6.42 Å². The molecule has 0 aliphatic heterocycles. The van der Waals surface area contributed by atoms with Crippen LogP contribution in [0.25, 0.3) is 0 Å². The van der Waals surface area contributed by atoms with Gasteiger partial charge >= 0.3 is 0 Å². The van der Waals surface area contributed by atoms with Gasteiger partial charge in [-0.05, 0) is 30.2 Å². The SMILES string of the molecule is C=CCc1cc(Br)ccc1O.C=O. The van der Waals surface area contributed by atoms with E-state index in [1.54, 1.807) is 12.1 Å². The van der Waals surface area contributed by atoms with E-state index in [0.29, 0.717) is 12.2 Å². The molecule has 2 nitrogen and oxygen atoms in total. The lowest BCUT2D eigenvalue weighted by molar-refractivity contribution is -0.0979. The van der Waals surface area contributed by atoms with Gasteiger partial charge in [0.25, 0.3) is 0 Å². The molecule has 3 heteroatoms. The van der Waals surface area contributed by atoms with Crippen LogP contribution in [0.3, 0.4) is 0 Å². The van der Waals surface area contributed by atoms with Gasteiger partial charge in [0.2, 0.25) is 0 Å². The van der Waals surface area contributed by atoms with E-state index in [4.69, 9.17) is 4.79 Å². The van der Waals surface area contributed by atoms with Crippen LogP contribution in [0.4, 0.5) is 0 Å². The van der Waals surface area contributed by atoms with Gasteiger partial charge in [-0.25, -0.2) is 0 Å². The van der Waals surface area contributed by atoms with E-state index in [0.717, 1.165) is 10.0 Å². The summed E-state index contributed by atoms with van der Waals surface area (Å²) in [5.41, 5.74) is 0.898. The quantitative estimate of drug-likeness (QED) is 0.811. The van der Waals surface area contributed by atoms with Crippen LogP contribution >= 0.6 is 15.9 Å². The van der Waals surface area contributed by atoms with E-state index in [9.17, 15) is 5.11 Å². The van der Waals surface area contributed by atoms with Gasteiger partial charge in [-0.2, -0.15) is 0 Å². The number of phenols is 1. The van der Waals surface area contributed by atoms with E-state index >= 15 is 0 Å². The van der Waals surface area contributed by atoms with Gasteiger partial charge in [0, 0.05) is 4.47 Å². The van der Waals surface area contributed by atoms with Crippen LogP contribution < -0.4 is 0 Å². The molecule has 1 aromatic carbocycles. The highest BCUT2D eigenvalue weighted by molar-refractivity contribution is 9.10. The number of hydrogen-bond acceptors (Lipinski definition) is 2. The monoisotopic (exact) mass is 242 g/mol. The third kappa shape index (κ3) is 3.90. The van der Waals surface area contributed by atoms with Crippen LogP contribution in [0.1, 0.15) is 5.56 Å². The molecule has 0 fully saturated rings. The summed E-state index contributed by atoms with van der Waals surface area (Å²) in [6.07, 6.45) is 2.47. The smallest absolute Gasteiger partial charge is 0.119 e. The minimum Gasteiger partial charge on any atom is -0.508 e. The van der Waals surface area contributed by atoms with Crippen molar-refractivity contribution in [1.82, 2.24) is 0 Å². The van der Waals surface area contributed by atoms with Crippen molar-refractivity contribution in [3.63, 3.8) is 0 Å². The van der Waals surface area contributed by atoms with Gasteiger partial charge in [0.15, 0.2) is 0 Å². The summed E-state index contributed by atoms with van der Waals surface area (Å²) in [5, 5.41) is 9.30. The van der Waals surface area contributed by atoms with Gasteiger partial charge in [0.05, 0.1) is 0 Å². The molecule has 0 heterocycles. The second-order valence-electron chi connectivity index (χ2n) is 2.27. The number of phenolic OH excluding ortho intramolecular Hbond substituents is 1. The lowest BCUT2D eigenvalue weighted by Gasteiger charge is -2.00. The van der Waals surface area contributed by atoms with Crippen molar-refractivity contribution >= 4 is 22.7 Å². The zero-order valence-corrected chi connectivity index (χ0v) is 8.75. The zero-order chi connectivity index (χ0) is 10.3. The normalized spacial score (nSPS) is 8.38. The minimum absolute atomic E-state index is 0.327. The van der Waals surface area contributed by atoms with Gasteiger partial charge in [-0.3, -0.25) is 0 Å². The Bertz CT molecular complexity index is 284. The predicted molar refractivity (Wildman–Crippen MR) is 56.8 cm³/mol. The Labute approximate surface area is 86.0 Å². The number of aromatic hydroxyl groups is 1. The number of carbonyl (C=O) groups excluding carboxylic acids is 1. The van der Waals surface area contributed by atoms with Gasteiger partial charge in [-0.15, -0.1) is 6.58 Å². The van der Waals surface area contributed by atoms with Gasteiger partial charge in [0.1, 0.15) is 12.5 Å². The first-order chi connectivity index (χ1) is 6.24. The Kier molecular flexibility index (Phi) is 5.89. The molecule has 0 radical (unpaired) electrons. The van der Waals surface area contributed by atoms with Crippen LogP contribution in [-0.4, -0.2) is 11.9 Å². The first-order valence-electron chi connectivity index (χ1n) is 3.61. The summed E-state index contributed by atoms with van der Waals surface area (Å²) < 4.78 is 0.979. The highest BCUT2D eigenvalue weighted by Gasteiger charge is 1.98. The fraction of sp³-hybridized carbons (Fsp3) is 0.100. The third-order valence-corrected chi connectivity index (χ3v) is 1.90.